The molecule has 0 unspecified atom stereocenters. The Kier molecular flexibility index (Phi) is 11.3. The van der Waals surface area contributed by atoms with Gasteiger partial charge in [0.05, 0.1) is 0 Å². The van der Waals surface area contributed by atoms with E-state index in [-0.39, 0.29) is 26.2 Å². The molecule has 0 aromatic heterocycles. The monoisotopic (exact) mass is 614 g/mol. The molecule has 6 rings (SSSR count). The van der Waals surface area contributed by atoms with Crippen LogP contribution < -0.4 is 0 Å². The molecule has 0 aliphatic heterocycles. The van der Waals surface area contributed by atoms with E-state index in [1.54, 1.807) is 0 Å². The second kappa shape index (κ2) is 14.2. The molecule has 0 amide bonds. The fraction of sp³-hybridized carbons (Fsp3) is 0.211. The van der Waals surface area contributed by atoms with Crippen LogP contribution in [-0.4, -0.2) is 9.52 Å². The summed E-state index contributed by atoms with van der Waals surface area (Å²) in [5, 5.41) is 5.40. The summed E-state index contributed by atoms with van der Waals surface area (Å²) in [6.45, 7) is 17.3. The molecule has 0 spiro atoms. The van der Waals surface area contributed by atoms with Crippen LogP contribution in [0.25, 0.3) is 43.8 Å². The molecule has 0 saturated heterocycles. The van der Waals surface area contributed by atoms with Crippen LogP contribution >= 0.6 is 0 Å². The Hall–Kier alpha value is -2.80. The topological polar surface area (TPSA) is 0 Å². The first-order valence-corrected chi connectivity index (χ1v) is 15.8. The molecule has 40 heavy (non-hydrogen) atoms. The van der Waals surface area contributed by atoms with Crippen LogP contribution in [0.2, 0.25) is 13.1 Å². The predicted molar refractivity (Wildman–Crippen MR) is 176 cm³/mol. The number of hydrogen-bond donors (Lipinski definition) is 0. The van der Waals surface area contributed by atoms with E-state index < -0.39 is 0 Å². The Morgan fingerprint density at radius 3 is 1.20 bits per heavy atom. The molecule has 0 saturated carbocycles. The van der Waals surface area contributed by atoms with Crippen molar-refractivity contribution in [3.63, 3.8) is 0 Å². The van der Waals surface area contributed by atoms with Gasteiger partial charge in [0.2, 0.25) is 0 Å². The van der Waals surface area contributed by atoms with E-state index in [0.29, 0.717) is 0 Å². The molecule has 6 aromatic rings. The smallest absolute Gasteiger partial charge is 0.165 e. The average Bonchev–Trinajstić information content (AvgIpc) is 3.46. The fourth-order valence-electron chi connectivity index (χ4n) is 5.47. The number of fused-ring (bicyclic) bond motifs is 2. The van der Waals surface area contributed by atoms with Crippen molar-refractivity contribution in [3.05, 3.63) is 130 Å². The van der Waals surface area contributed by atoms with Crippen molar-refractivity contribution in [3.8, 4) is 22.3 Å². The predicted octanol–water partition coefficient (Wildman–Crippen LogP) is 11.1. The molecule has 2 radical (unpaired) electrons. The van der Waals surface area contributed by atoms with E-state index in [1.807, 2.05) is 0 Å². The van der Waals surface area contributed by atoms with Crippen molar-refractivity contribution in [2.24, 2.45) is 0 Å². The van der Waals surface area contributed by atoms with Gasteiger partial charge in [-0.05, 0) is 49.9 Å². The molecule has 0 heterocycles. The number of rotatable bonds is 2. The van der Waals surface area contributed by atoms with Gasteiger partial charge in [-0.2, -0.15) is 12.1 Å². The third-order valence-corrected chi connectivity index (χ3v) is 7.13. The molecule has 0 atom stereocenters. The van der Waals surface area contributed by atoms with Crippen molar-refractivity contribution in [2.75, 3.05) is 0 Å². The Morgan fingerprint density at radius 1 is 0.475 bits per heavy atom. The minimum Gasteiger partial charge on any atom is -0.165 e. The van der Waals surface area contributed by atoms with Gasteiger partial charge in [0.25, 0.3) is 0 Å². The van der Waals surface area contributed by atoms with Crippen molar-refractivity contribution >= 4 is 31.1 Å². The second-order valence-electron chi connectivity index (χ2n) is 10.8. The summed E-state index contributed by atoms with van der Waals surface area (Å²) >= 11 is 0. The third-order valence-electron chi connectivity index (χ3n) is 7.13. The maximum absolute atomic E-state index is 2.28. The van der Waals surface area contributed by atoms with Crippen LogP contribution in [0.5, 0.6) is 0 Å². The van der Waals surface area contributed by atoms with Gasteiger partial charge in [0, 0.05) is 9.52 Å². The first-order chi connectivity index (χ1) is 18.7. The Bertz CT molecular complexity index is 1590. The van der Waals surface area contributed by atoms with Gasteiger partial charge in [-0.25, -0.2) is 0 Å². The average molecular weight is 616 g/mol. The minimum absolute atomic E-state index is 0. The van der Waals surface area contributed by atoms with Crippen molar-refractivity contribution < 1.29 is 26.2 Å². The molecule has 200 valence electrons. The molecule has 6 aromatic carbocycles. The molecular weight excluding hydrogens is 576 g/mol. The summed E-state index contributed by atoms with van der Waals surface area (Å²) < 4.78 is 0. The van der Waals surface area contributed by atoms with E-state index in [0.717, 1.165) is 9.52 Å². The van der Waals surface area contributed by atoms with Crippen molar-refractivity contribution in [1.29, 1.82) is 0 Å². The minimum atomic E-state index is 0. The van der Waals surface area contributed by atoms with E-state index in [9.17, 15) is 0 Å². The van der Waals surface area contributed by atoms with Gasteiger partial charge in [0.15, 0.2) is 0 Å². The number of aryl methyl sites for hydroxylation is 6. The van der Waals surface area contributed by atoms with Gasteiger partial charge < -0.3 is 0 Å². The maximum atomic E-state index is 2.28. The summed E-state index contributed by atoms with van der Waals surface area (Å²) in [4.78, 5) is 0. The Morgan fingerprint density at radius 2 is 0.850 bits per heavy atom. The summed E-state index contributed by atoms with van der Waals surface area (Å²) in [6, 6.07) is 35.6. The summed E-state index contributed by atoms with van der Waals surface area (Å²) in [6.07, 6.45) is 0. The van der Waals surface area contributed by atoms with Crippen LogP contribution in [0.1, 0.15) is 33.4 Å². The van der Waals surface area contributed by atoms with Crippen LogP contribution in [0.3, 0.4) is 0 Å². The molecule has 0 bridgehead atoms. The zero-order chi connectivity index (χ0) is 28.1. The van der Waals surface area contributed by atoms with Crippen LogP contribution in [0, 0.1) is 41.5 Å². The van der Waals surface area contributed by atoms with Gasteiger partial charge in [-0.15, -0.1) is 69.1 Å². The Labute approximate surface area is 263 Å². The van der Waals surface area contributed by atoms with Crippen LogP contribution in [0.4, 0.5) is 0 Å². The van der Waals surface area contributed by atoms with Crippen molar-refractivity contribution in [1.82, 2.24) is 0 Å². The summed E-state index contributed by atoms with van der Waals surface area (Å²) in [7, 11) is 1.08. The van der Waals surface area contributed by atoms with Crippen molar-refractivity contribution in [2.45, 2.75) is 54.6 Å². The first kappa shape index (κ1) is 31.7. The fourth-order valence-corrected chi connectivity index (χ4v) is 5.47. The largest absolute Gasteiger partial charge is 2.00 e. The molecule has 0 nitrogen and oxygen atoms in total. The van der Waals surface area contributed by atoms with Gasteiger partial charge >= 0.3 is 26.2 Å². The molecule has 2 heteroatoms. The molecule has 0 aliphatic carbocycles. The Balaban J connectivity index is 0.000000197. The van der Waals surface area contributed by atoms with E-state index in [2.05, 4.69) is 152 Å². The third kappa shape index (κ3) is 7.28. The molecular formula is C38H40SiZr. The summed E-state index contributed by atoms with van der Waals surface area (Å²) in [5.41, 5.74) is 13.4. The molecule has 0 aliphatic rings. The molecule has 0 N–H and O–H groups in total. The van der Waals surface area contributed by atoms with Crippen LogP contribution in [0.15, 0.2) is 97.1 Å². The maximum Gasteiger partial charge on any atom is 2.00 e. The summed E-state index contributed by atoms with van der Waals surface area (Å²) in [5.74, 6) is 0. The number of benzene rings is 4. The van der Waals surface area contributed by atoms with Crippen LogP contribution in [-0.2, 0) is 26.2 Å². The standard InChI is InChI=1S/2C18H17.C2H6Si.Zr/c2*1-12-7-8-16(14(3)9-12)17-6-4-5-15-10-13(2)11-18(15)17;1-3-2;/h2*4-11H,1-3H3;1-2H3;/q2*-1;;+2. The van der Waals surface area contributed by atoms with Gasteiger partial charge in [-0.1, -0.05) is 97.7 Å². The first-order valence-electron chi connectivity index (χ1n) is 13.8. The molecule has 0 fully saturated rings. The quantitative estimate of drug-likeness (QED) is 0.134. The second-order valence-corrected chi connectivity index (χ2v) is 11.8. The van der Waals surface area contributed by atoms with E-state index >= 15 is 0 Å². The normalized spacial score (nSPS) is 10.4. The number of hydrogen-bond acceptors (Lipinski definition) is 0. The SMILES string of the molecule is C[Si]C.Cc1ccc(-c2cccc3[cH-]c(C)cc23)c(C)c1.Cc1ccc(-c2cccc3[cH-]c(C)cc23)c(C)c1.[Zr+2]. The van der Waals surface area contributed by atoms with E-state index in [1.165, 1.54) is 77.2 Å². The van der Waals surface area contributed by atoms with Gasteiger partial charge in [-0.3, -0.25) is 0 Å². The van der Waals surface area contributed by atoms with E-state index in [4.69, 9.17) is 0 Å². The zero-order valence-electron chi connectivity index (χ0n) is 25.2. The van der Waals surface area contributed by atoms with Gasteiger partial charge in [0.1, 0.15) is 0 Å². The zero-order valence-corrected chi connectivity index (χ0v) is 28.7.